The van der Waals surface area contributed by atoms with Crippen molar-refractivity contribution in [2.75, 3.05) is 0 Å². The van der Waals surface area contributed by atoms with Gasteiger partial charge < -0.3 is 4.42 Å². The summed E-state index contributed by atoms with van der Waals surface area (Å²) >= 11 is 1.32. The molecule has 3 heterocycles. The summed E-state index contributed by atoms with van der Waals surface area (Å²) in [5, 5.41) is 0. The number of nitrogens with zero attached hydrogens (tertiary/aromatic N) is 2. The Kier molecular flexibility index (Phi) is 3.22. The fraction of sp³-hybridized carbons (Fsp3) is 0.0833. The van der Waals surface area contributed by atoms with E-state index in [9.17, 15) is 13.2 Å². The van der Waals surface area contributed by atoms with E-state index in [1.807, 2.05) is 0 Å². The van der Waals surface area contributed by atoms with Crippen LogP contribution in [0.2, 0.25) is 0 Å². The number of hydrogen-bond donors (Lipinski definition) is 1. The maximum atomic E-state index is 11.7. The predicted molar refractivity (Wildman–Crippen MR) is 78.0 cm³/mol. The van der Waals surface area contributed by atoms with Gasteiger partial charge in [-0.05, 0) is 18.2 Å². The van der Waals surface area contributed by atoms with Gasteiger partial charge in [-0.1, -0.05) is 0 Å². The quantitative estimate of drug-likeness (QED) is 0.925. The summed E-state index contributed by atoms with van der Waals surface area (Å²) in [5.41, 5.74) is 0.212. The van der Waals surface area contributed by atoms with Gasteiger partial charge in [0, 0.05) is 6.92 Å². The first kappa shape index (κ1) is 13.7. The standard InChI is InChI=1S/C12H9N3O4S2/c1-7(16)8-4-9(15-21(17,18)14-8)11-2-3-12(20-11)10-5-13-6-19-10/h2-6,15H,1H3. The fourth-order valence-corrected chi connectivity index (χ4v) is 3.65. The average Bonchev–Trinajstić information content (AvgIpc) is 3.07. The molecule has 2 aromatic rings. The van der Waals surface area contributed by atoms with E-state index < -0.39 is 16.0 Å². The highest BCUT2D eigenvalue weighted by Gasteiger charge is 2.22. The Bertz CT molecular complexity index is 860. The second-order valence-corrected chi connectivity index (χ2v) is 6.62. The molecule has 1 N–H and O–H groups in total. The van der Waals surface area contributed by atoms with E-state index in [1.54, 1.807) is 18.3 Å². The number of thiophene rings is 1. The summed E-state index contributed by atoms with van der Waals surface area (Å²) in [6.45, 7) is 1.27. The lowest BCUT2D eigenvalue weighted by Crippen LogP contribution is -2.27. The molecule has 0 bridgehead atoms. The summed E-state index contributed by atoms with van der Waals surface area (Å²) in [6.07, 6.45) is 4.30. The third kappa shape index (κ3) is 2.78. The average molecular weight is 323 g/mol. The number of nitrogens with one attached hydrogen (secondary N) is 1. The molecule has 0 aromatic carbocycles. The van der Waals surface area contributed by atoms with Gasteiger partial charge >= 0.3 is 10.2 Å². The molecule has 1 aliphatic heterocycles. The molecule has 1 aliphatic rings. The molecule has 0 unspecified atom stereocenters. The van der Waals surface area contributed by atoms with E-state index in [0.29, 0.717) is 16.3 Å². The minimum Gasteiger partial charge on any atom is -0.443 e. The van der Waals surface area contributed by atoms with Crippen LogP contribution >= 0.6 is 11.3 Å². The van der Waals surface area contributed by atoms with Crippen molar-refractivity contribution in [3.8, 4) is 10.6 Å². The molecule has 0 saturated carbocycles. The van der Waals surface area contributed by atoms with Crippen LogP contribution in [0, 0.1) is 0 Å². The number of rotatable bonds is 3. The van der Waals surface area contributed by atoms with Crippen molar-refractivity contribution in [1.29, 1.82) is 0 Å². The molecule has 0 radical (unpaired) electrons. The number of carbonyl (C=O) groups excluding carboxylic acids is 1. The Balaban J connectivity index is 2.01. The number of Topliss-reactive ketones (excluding diaryl/α,β-unsaturated/α-hetero) is 1. The van der Waals surface area contributed by atoms with Gasteiger partial charge in [0.25, 0.3) is 0 Å². The lowest BCUT2D eigenvalue weighted by Gasteiger charge is -2.12. The summed E-state index contributed by atoms with van der Waals surface area (Å²) in [5.74, 6) is 0.176. The topological polar surface area (TPSA) is 102 Å². The van der Waals surface area contributed by atoms with Crippen LogP contribution in [0.15, 0.2) is 39.6 Å². The molecule has 0 spiro atoms. The van der Waals surface area contributed by atoms with E-state index >= 15 is 0 Å². The van der Waals surface area contributed by atoms with Crippen LogP contribution in [0.5, 0.6) is 0 Å². The lowest BCUT2D eigenvalue weighted by molar-refractivity contribution is -0.111. The van der Waals surface area contributed by atoms with Crippen molar-refractivity contribution in [2.24, 2.45) is 4.40 Å². The molecule has 7 nitrogen and oxygen atoms in total. The molecule has 0 saturated heterocycles. The summed E-state index contributed by atoms with van der Waals surface area (Å²) in [6, 6.07) is 3.52. The number of allylic oxidation sites excluding steroid dienone is 1. The first-order valence-electron chi connectivity index (χ1n) is 5.79. The Morgan fingerprint density at radius 3 is 2.76 bits per heavy atom. The van der Waals surface area contributed by atoms with Crippen molar-refractivity contribution in [3.05, 3.63) is 35.7 Å². The van der Waals surface area contributed by atoms with E-state index in [4.69, 9.17) is 4.42 Å². The normalized spacial score (nSPS) is 16.8. The molecule has 108 valence electrons. The number of hydrogen-bond acceptors (Lipinski definition) is 6. The van der Waals surface area contributed by atoms with Gasteiger partial charge in [0.15, 0.2) is 17.9 Å². The molecule has 0 fully saturated rings. The molecular weight excluding hydrogens is 314 g/mol. The van der Waals surface area contributed by atoms with Crippen molar-refractivity contribution in [2.45, 2.75) is 6.92 Å². The van der Waals surface area contributed by atoms with Crippen LogP contribution < -0.4 is 4.72 Å². The highest BCUT2D eigenvalue weighted by Crippen LogP contribution is 2.31. The zero-order chi connectivity index (χ0) is 15.0. The molecule has 0 atom stereocenters. The summed E-state index contributed by atoms with van der Waals surface area (Å²) in [4.78, 5) is 16.6. The van der Waals surface area contributed by atoms with Crippen LogP contribution in [0.25, 0.3) is 16.3 Å². The Hall–Kier alpha value is -2.26. The molecule has 3 rings (SSSR count). The van der Waals surface area contributed by atoms with Gasteiger partial charge in [-0.25, -0.2) is 4.98 Å². The second kappa shape index (κ2) is 4.93. The van der Waals surface area contributed by atoms with Crippen molar-refractivity contribution < 1.29 is 17.6 Å². The number of oxazole rings is 1. The van der Waals surface area contributed by atoms with Crippen LogP contribution in [-0.4, -0.2) is 24.9 Å². The van der Waals surface area contributed by atoms with E-state index in [1.165, 1.54) is 30.7 Å². The van der Waals surface area contributed by atoms with Gasteiger partial charge in [0.05, 0.1) is 21.6 Å². The highest BCUT2D eigenvalue weighted by atomic mass is 32.2. The maximum Gasteiger partial charge on any atom is 0.342 e. The van der Waals surface area contributed by atoms with Gasteiger partial charge in [0.1, 0.15) is 5.71 Å². The minimum atomic E-state index is -3.90. The predicted octanol–water partition coefficient (Wildman–Crippen LogP) is 1.62. The van der Waals surface area contributed by atoms with Crippen LogP contribution in [0.4, 0.5) is 0 Å². The van der Waals surface area contributed by atoms with E-state index in [2.05, 4.69) is 14.1 Å². The zero-order valence-corrected chi connectivity index (χ0v) is 12.4. The third-order valence-electron chi connectivity index (χ3n) is 2.65. The fourth-order valence-electron chi connectivity index (χ4n) is 1.72. The summed E-state index contributed by atoms with van der Waals surface area (Å²) in [7, 11) is -3.90. The third-order valence-corrected chi connectivity index (χ3v) is 4.69. The first-order valence-corrected chi connectivity index (χ1v) is 8.05. The monoisotopic (exact) mass is 323 g/mol. The minimum absolute atomic E-state index is 0.0987. The van der Waals surface area contributed by atoms with Crippen molar-refractivity contribution in [3.63, 3.8) is 0 Å². The number of aromatic nitrogens is 1. The van der Waals surface area contributed by atoms with Crippen LogP contribution in [0.1, 0.15) is 11.8 Å². The van der Waals surface area contributed by atoms with Crippen molar-refractivity contribution in [1.82, 2.24) is 9.71 Å². The Morgan fingerprint density at radius 1 is 1.33 bits per heavy atom. The van der Waals surface area contributed by atoms with Gasteiger partial charge in [0.2, 0.25) is 0 Å². The molecule has 0 amide bonds. The zero-order valence-electron chi connectivity index (χ0n) is 10.7. The highest BCUT2D eigenvalue weighted by molar-refractivity contribution is 7.88. The van der Waals surface area contributed by atoms with E-state index in [-0.39, 0.29) is 5.71 Å². The molecular formula is C12H9N3O4S2. The summed E-state index contributed by atoms with van der Waals surface area (Å²) < 4.78 is 34.2. The molecule has 0 aliphatic carbocycles. The van der Waals surface area contributed by atoms with E-state index in [0.717, 1.165) is 4.88 Å². The first-order chi connectivity index (χ1) is 9.94. The number of carbonyl (C=O) groups is 1. The Morgan fingerprint density at radius 2 is 2.10 bits per heavy atom. The lowest BCUT2D eigenvalue weighted by atomic mass is 10.2. The number of ketones is 1. The molecule has 2 aromatic heterocycles. The molecule has 21 heavy (non-hydrogen) atoms. The maximum absolute atomic E-state index is 11.7. The smallest absolute Gasteiger partial charge is 0.342 e. The van der Waals surface area contributed by atoms with Gasteiger partial charge in [-0.2, -0.15) is 8.42 Å². The van der Waals surface area contributed by atoms with Crippen LogP contribution in [0.3, 0.4) is 0 Å². The SMILES string of the molecule is CC(=O)C1=NS(=O)(=O)NC(c2ccc(-c3cnco3)s2)=C1. The van der Waals surface area contributed by atoms with Crippen LogP contribution in [-0.2, 0) is 15.0 Å². The van der Waals surface area contributed by atoms with Gasteiger partial charge in [-0.15, -0.1) is 15.7 Å². The largest absolute Gasteiger partial charge is 0.443 e. The Labute approximate surface area is 124 Å². The van der Waals surface area contributed by atoms with Crippen molar-refractivity contribution >= 4 is 38.7 Å². The molecule has 9 heteroatoms. The second-order valence-electron chi connectivity index (χ2n) is 4.20. The van der Waals surface area contributed by atoms with Gasteiger partial charge in [-0.3, -0.25) is 9.52 Å².